The molecule has 0 saturated carbocycles. The van der Waals surface area contributed by atoms with Crippen molar-refractivity contribution in [2.75, 3.05) is 7.11 Å². The number of hydrogen-bond acceptors (Lipinski definition) is 3. The third-order valence-corrected chi connectivity index (χ3v) is 0.728. The Bertz CT molecular complexity index is 137. The van der Waals surface area contributed by atoms with Crippen molar-refractivity contribution in [2.45, 2.75) is 6.73 Å². The maximum Gasteiger partial charge on any atom is 0.140 e. The first kappa shape index (κ1) is 5.24. The minimum atomic E-state index is 0.472. The molecule has 1 aromatic rings. The normalized spacial score (nSPS) is 9.62. The van der Waals surface area contributed by atoms with Crippen molar-refractivity contribution in [3.05, 3.63) is 12.7 Å². The summed E-state index contributed by atoms with van der Waals surface area (Å²) in [4.78, 5) is 3.71. The van der Waals surface area contributed by atoms with Gasteiger partial charge < -0.3 is 4.74 Å². The maximum atomic E-state index is 4.75. The molecule has 0 N–H and O–H groups in total. The van der Waals surface area contributed by atoms with E-state index in [-0.39, 0.29) is 0 Å². The first-order chi connectivity index (χ1) is 3.93. The Hall–Kier alpha value is -0.900. The van der Waals surface area contributed by atoms with Crippen LogP contribution in [0.3, 0.4) is 0 Å². The zero-order valence-electron chi connectivity index (χ0n) is 4.61. The van der Waals surface area contributed by atoms with E-state index in [1.807, 2.05) is 0 Å². The Kier molecular flexibility index (Phi) is 1.58. The molecule has 8 heavy (non-hydrogen) atoms. The molecule has 0 aliphatic rings. The number of hydrogen-bond donors (Lipinski definition) is 0. The predicted molar refractivity (Wildman–Crippen MR) is 27.0 cm³/mol. The van der Waals surface area contributed by atoms with E-state index in [4.69, 9.17) is 4.74 Å². The number of nitrogens with zero attached hydrogens (tertiary/aromatic N) is 3. The maximum absolute atomic E-state index is 4.75. The summed E-state index contributed by atoms with van der Waals surface area (Å²) in [6.07, 6.45) is 3.07. The smallest absolute Gasteiger partial charge is 0.140 e. The highest BCUT2D eigenvalue weighted by Crippen LogP contribution is 1.77. The molecule has 0 aliphatic heterocycles. The summed E-state index contributed by atoms with van der Waals surface area (Å²) in [5.74, 6) is 0. The lowest BCUT2D eigenvalue weighted by Gasteiger charge is -1.93. The molecule has 0 saturated heterocycles. The second kappa shape index (κ2) is 2.42. The van der Waals surface area contributed by atoms with Crippen LogP contribution in [0.4, 0.5) is 0 Å². The van der Waals surface area contributed by atoms with Crippen LogP contribution < -0.4 is 0 Å². The van der Waals surface area contributed by atoms with E-state index in [2.05, 4.69) is 10.1 Å². The van der Waals surface area contributed by atoms with Crippen molar-refractivity contribution in [1.29, 1.82) is 0 Å². The van der Waals surface area contributed by atoms with Crippen molar-refractivity contribution in [3.63, 3.8) is 0 Å². The molecular weight excluding hydrogens is 106 g/mol. The molecule has 0 bridgehead atoms. The van der Waals surface area contributed by atoms with Gasteiger partial charge in [0.2, 0.25) is 0 Å². The van der Waals surface area contributed by atoms with Crippen LogP contribution in [0.5, 0.6) is 0 Å². The molecule has 0 radical (unpaired) electrons. The van der Waals surface area contributed by atoms with E-state index in [1.165, 1.54) is 6.33 Å². The van der Waals surface area contributed by atoms with Gasteiger partial charge in [0, 0.05) is 7.11 Å². The van der Waals surface area contributed by atoms with Gasteiger partial charge in [-0.3, -0.25) is 0 Å². The molecule has 1 heterocycles. The van der Waals surface area contributed by atoms with Gasteiger partial charge in [-0.2, -0.15) is 5.10 Å². The molecule has 1 aromatic heterocycles. The fourth-order valence-corrected chi connectivity index (χ4v) is 0.432. The van der Waals surface area contributed by atoms with Crippen molar-refractivity contribution in [3.8, 4) is 0 Å². The monoisotopic (exact) mass is 113 g/mol. The molecule has 0 amide bonds. The first-order valence-electron chi connectivity index (χ1n) is 2.25. The Morgan fingerprint density at radius 3 is 3.12 bits per heavy atom. The summed E-state index contributed by atoms with van der Waals surface area (Å²) >= 11 is 0. The van der Waals surface area contributed by atoms with Gasteiger partial charge in [0.25, 0.3) is 0 Å². The zero-order valence-corrected chi connectivity index (χ0v) is 4.61. The quantitative estimate of drug-likeness (QED) is 0.537. The zero-order chi connectivity index (χ0) is 5.82. The van der Waals surface area contributed by atoms with Gasteiger partial charge in [0.05, 0.1) is 0 Å². The molecule has 4 nitrogen and oxygen atoms in total. The first-order valence-corrected chi connectivity index (χ1v) is 2.25. The Morgan fingerprint density at radius 2 is 2.62 bits per heavy atom. The summed E-state index contributed by atoms with van der Waals surface area (Å²) in [6.45, 7) is 0.472. The van der Waals surface area contributed by atoms with Crippen molar-refractivity contribution in [1.82, 2.24) is 14.8 Å². The lowest BCUT2D eigenvalue weighted by molar-refractivity contribution is 0.120. The molecule has 44 valence electrons. The number of methoxy groups -OCH3 is 1. The van der Waals surface area contributed by atoms with E-state index in [1.54, 1.807) is 18.1 Å². The van der Waals surface area contributed by atoms with Gasteiger partial charge in [0.1, 0.15) is 19.4 Å². The standard InChI is InChI=1S/C4H7N3O/c1-8-4-7-3-5-2-6-7/h2-3H,4H2,1H3. The predicted octanol–water partition coefficient (Wildman–Crippen LogP) is -0.118. The highest BCUT2D eigenvalue weighted by Gasteiger charge is 1.83. The molecule has 4 heteroatoms. The van der Waals surface area contributed by atoms with Crippen LogP contribution in [-0.2, 0) is 11.5 Å². The lowest BCUT2D eigenvalue weighted by atomic mass is 11.1. The van der Waals surface area contributed by atoms with Gasteiger partial charge in [-0.1, -0.05) is 0 Å². The average Bonchev–Trinajstić information content (AvgIpc) is 2.19. The van der Waals surface area contributed by atoms with Crippen LogP contribution in [0, 0.1) is 0 Å². The van der Waals surface area contributed by atoms with Gasteiger partial charge in [0.15, 0.2) is 0 Å². The highest BCUT2D eigenvalue weighted by molar-refractivity contribution is 4.51. The number of ether oxygens (including phenoxy) is 1. The Morgan fingerprint density at radius 1 is 1.75 bits per heavy atom. The molecule has 0 aliphatic carbocycles. The van der Waals surface area contributed by atoms with Crippen LogP contribution in [0.15, 0.2) is 12.7 Å². The molecule has 0 spiro atoms. The molecule has 0 unspecified atom stereocenters. The largest absolute Gasteiger partial charge is 0.362 e. The van der Waals surface area contributed by atoms with Crippen LogP contribution in [-0.4, -0.2) is 21.9 Å². The van der Waals surface area contributed by atoms with Crippen LogP contribution >= 0.6 is 0 Å². The van der Waals surface area contributed by atoms with E-state index in [0.717, 1.165) is 0 Å². The average molecular weight is 113 g/mol. The third kappa shape index (κ3) is 1.04. The SMILES string of the molecule is COCn1cncn1. The lowest BCUT2D eigenvalue weighted by Crippen LogP contribution is -1.98. The summed E-state index contributed by atoms with van der Waals surface area (Å²) in [5.41, 5.74) is 0. The van der Waals surface area contributed by atoms with E-state index < -0.39 is 0 Å². The fourth-order valence-electron chi connectivity index (χ4n) is 0.432. The molecule has 0 aromatic carbocycles. The van der Waals surface area contributed by atoms with E-state index >= 15 is 0 Å². The number of rotatable bonds is 2. The number of aromatic nitrogens is 3. The van der Waals surface area contributed by atoms with Crippen LogP contribution in [0.2, 0.25) is 0 Å². The van der Waals surface area contributed by atoms with Crippen molar-refractivity contribution < 1.29 is 4.74 Å². The van der Waals surface area contributed by atoms with Gasteiger partial charge >= 0.3 is 0 Å². The second-order valence-electron chi connectivity index (χ2n) is 1.35. The summed E-state index contributed by atoms with van der Waals surface area (Å²) in [6, 6.07) is 0. The van der Waals surface area contributed by atoms with E-state index in [9.17, 15) is 0 Å². The second-order valence-corrected chi connectivity index (χ2v) is 1.35. The molecule has 1 rings (SSSR count). The van der Waals surface area contributed by atoms with E-state index in [0.29, 0.717) is 6.73 Å². The van der Waals surface area contributed by atoms with Gasteiger partial charge in [-0.05, 0) is 0 Å². The summed E-state index contributed by atoms with van der Waals surface area (Å²) < 4.78 is 6.34. The van der Waals surface area contributed by atoms with Crippen LogP contribution in [0.25, 0.3) is 0 Å². The molecule has 0 atom stereocenters. The Labute approximate surface area is 47.1 Å². The minimum absolute atomic E-state index is 0.472. The third-order valence-electron chi connectivity index (χ3n) is 0.728. The molecule has 0 fully saturated rings. The summed E-state index contributed by atoms with van der Waals surface area (Å²) in [5, 5.41) is 3.79. The summed E-state index contributed by atoms with van der Waals surface area (Å²) in [7, 11) is 1.61. The Balaban J connectivity index is 2.50. The minimum Gasteiger partial charge on any atom is -0.362 e. The molecular formula is C4H7N3O. The highest BCUT2D eigenvalue weighted by atomic mass is 16.5. The van der Waals surface area contributed by atoms with Gasteiger partial charge in [-0.15, -0.1) is 0 Å². The topological polar surface area (TPSA) is 39.9 Å². The fraction of sp³-hybridized carbons (Fsp3) is 0.500. The van der Waals surface area contributed by atoms with Crippen molar-refractivity contribution >= 4 is 0 Å². The van der Waals surface area contributed by atoms with Crippen molar-refractivity contribution in [2.24, 2.45) is 0 Å². The van der Waals surface area contributed by atoms with Crippen LogP contribution in [0.1, 0.15) is 0 Å². The van der Waals surface area contributed by atoms with Gasteiger partial charge in [-0.25, -0.2) is 9.67 Å².